The zero-order valence-electron chi connectivity index (χ0n) is 11.2. The van der Waals surface area contributed by atoms with Gasteiger partial charge in [0, 0.05) is 0 Å². The van der Waals surface area contributed by atoms with Gasteiger partial charge >= 0.3 is 0 Å². The smallest absolute Gasteiger partial charge is 0.0671 e. The summed E-state index contributed by atoms with van der Waals surface area (Å²) in [5.41, 5.74) is 2.35. The van der Waals surface area contributed by atoms with Gasteiger partial charge < -0.3 is 5.11 Å². The lowest BCUT2D eigenvalue weighted by Gasteiger charge is -2.39. The number of benzene rings is 1. The monoisotopic (exact) mass is 232 g/mol. The van der Waals surface area contributed by atoms with Crippen molar-refractivity contribution in [2.24, 2.45) is 5.92 Å². The van der Waals surface area contributed by atoms with E-state index in [2.05, 4.69) is 45.0 Å². The molecule has 1 aliphatic carbocycles. The van der Waals surface area contributed by atoms with Crippen LogP contribution in [0.3, 0.4) is 0 Å². The molecule has 1 saturated carbocycles. The molecule has 1 aromatic rings. The molecule has 0 heterocycles. The molecule has 0 bridgehead atoms. The molecule has 1 heteroatoms. The zero-order valence-corrected chi connectivity index (χ0v) is 11.2. The van der Waals surface area contributed by atoms with Crippen LogP contribution in [-0.4, -0.2) is 10.7 Å². The molecule has 0 atom stereocenters. The van der Waals surface area contributed by atoms with Crippen LogP contribution >= 0.6 is 0 Å². The molecule has 0 spiro atoms. The molecule has 17 heavy (non-hydrogen) atoms. The highest BCUT2D eigenvalue weighted by molar-refractivity contribution is 5.25. The lowest BCUT2D eigenvalue weighted by atomic mass is 9.71. The van der Waals surface area contributed by atoms with Crippen LogP contribution in [0.1, 0.15) is 56.6 Å². The Bertz CT molecular complexity index is 356. The van der Waals surface area contributed by atoms with E-state index in [-0.39, 0.29) is 0 Å². The molecule has 0 amide bonds. The maximum absolute atomic E-state index is 10.5. The van der Waals surface area contributed by atoms with E-state index in [0.717, 1.165) is 25.7 Å². The minimum Gasteiger partial charge on any atom is -0.390 e. The predicted molar refractivity (Wildman–Crippen MR) is 72.2 cm³/mol. The number of hydrogen-bond acceptors (Lipinski definition) is 1. The minimum atomic E-state index is -0.415. The van der Waals surface area contributed by atoms with Crippen LogP contribution in [0, 0.1) is 12.8 Å². The van der Waals surface area contributed by atoms with Gasteiger partial charge in [0.2, 0.25) is 0 Å². The second-order valence-corrected chi connectivity index (χ2v) is 5.94. The molecule has 1 aromatic carbocycles. The average Bonchev–Trinajstić information content (AvgIpc) is 2.31. The molecule has 0 aliphatic heterocycles. The first-order valence-corrected chi connectivity index (χ1v) is 6.80. The molecule has 94 valence electrons. The van der Waals surface area contributed by atoms with Gasteiger partial charge in [0.15, 0.2) is 0 Å². The largest absolute Gasteiger partial charge is 0.390 e. The SMILES string of the molecule is Cc1ccc(C2CCC(O)(C(C)C)CC2)cc1. The first-order chi connectivity index (χ1) is 8.01. The molecular formula is C16H24O. The van der Waals surface area contributed by atoms with E-state index >= 15 is 0 Å². The standard InChI is InChI=1S/C16H24O/c1-12(2)16(17)10-8-15(9-11-16)14-6-4-13(3)5-7-14/h4-7,12,15,17H,8-11H2,1-3H3. The number of hydrogen-bond donors (Lipinski definition) is 1. The van der Waals surface area contributed by atoms with Crippen molar-refractivity contribution in [3.63, 3.8) is 0 Å². The summed E-state index contributed by atoms with van der Waals surface area (Å²) in [6.07, 6.45) is 4.14. The van der Waals surface area contributed by atoms with Crippen molar-refractivity contribution in [2.45, 2.75) is 58.0 Å². The van der Waals surface area contributed by atoms with Crippen molar-refractivity contribution in [3.8, 4) is 0 Å². The van der Waals surface area contributed by atoms with Gasteiger partial charge in [-0.2, -0.15) is 0 Å². The fourth-order valence-electron chi connectivity index (χ4n) is 2.87. The van der Waals surface area contributed by atoms with Crippen LogP contribution in [0.15, 0.2) is 24.3 Å². The minimum absolute atomic E-state index is 0.376. The Hall–Kier alpha value is -0.820. The summed E-state index contributed by atoms with van der Waals surface area (Å²) in [5.74, 6) is 1.02. The van der Waals surface area contributed by atoms with Crippen molar-refractivity contribution in [2.75, 3.05) is 0 Å². The second kappa shape index (κ2) is 4.81. The summed E-state index contributed by atoms with van der Waals surface area (Å²) in [7, 11) is 0. The predicted octanol–water partition coefficient (Wildman–Crippen LogP) is 4.04. The number of aliphatic hydroxyl groups is 1. The average molecular weight is 232 g/mol. The van der Waals surface area contributed by atoms with Gasteiger partial charge in [-0.3, -0.25) is 0 Å². The van der Waals surface area contributed by atoms with E-state index in [0.29, 0.717) is 11.8 Å². The van der Waals surface area contributed by atoms with Crippen LogP contribution in [-0.2, 0) is 0 Å². The molecule has 0 unspecified atom stereocenters. The number of aryl methyl sites for hydroxylation is 1. The van der Waals surface area contributed by atoms with Gasteiger partial charge in [-0.25, -0.2) is 0 Å². The van der Waals surface area contributed by atoms with E-state index in [4.69, 9.17) is 0 Å². The first-order valence-electron chi connectivity index (χ1n) is 6.80. The molecular weight excluding hydrogens is 208 g/mol. The van der Waals surface area contributed by atoms with Gasteiger partial charge in [-0.05, 0) is 50.0 Å². The summed E-state index contributed by atoms with van der Waals surface area (Å²) >= 11 is 0. The van der Waals surface area contributed by atoms with Crippen molar-refractivity contribution in [1.29, 1.82) is 0 Å². The summed E-state index contributed by atoms with van der Waals surface area (Å²) in [4.78, 5) is 0. The van der Waals surface area contributed by atoms with Crippen molar-refractivity contribution in [3.05, 3.63) is 35.4 Å². The van der Waals surface area contributed by atoms with E-state index in [1.807, 2.05) is 0 Å². The summed E-state index contributed by atoms with van der Waals surface area (Å²) in [6.45, 7) is 6.39. The molecule has 1 nitrogen and oxygen atoms in total. The Balaban J connectivity index is 2.02. The third-order valence-electron chi connectivity index (χ3n) is 4.47. The third kappa shape index (κ3) is 2.71. The highest BCUT2D eigenvalue weighted by Crippen LogP contribution is 2.41. The first kappa shape index (κ1) is 12.6. The van der Waals surface area contributed by atoms with E-state index in [1.165, 1.54) is 11.1 Å². The Labute approximate surface area is 105 Å². The van der Waals surface area contributed by atoms with Crippen molar-refractivity contribution in [1.82, 2.24) is 0 Å². The molecule has 2 rings (SSSR count). The van der Waals surface area contributed by atoms with Gasteiger partial charge in [0.1, 0.15) is 0 Å². The lowest BCUT2D eigenvalue weighted by Crippen LogP contribution is -2.38. The highest BCUT2D eigenvalue weighted by atomic mass is 16.3. The summed E-state index contributed by atoms with van der Waals surface area (Å²) < 4.78 is 0. The van der Waals surface area contributed by atoms with Crippen LogP contribution in [0.5, 0.6) is 0 Å². The molecule has 0 saturated heterocycles. The van der Waals surface area contributed by atoms with Crippen molar-refractivity contribution >= 4 is 0 Å². The lowest BCUT2D eigenvalue weighted by molar-refractivity contribution is -0.0409. The Morgan fingerprint density at radius 2 is 1.65 bits per heavy atom. The molecule has 1 fully saturated rings. The number of rotatable bonds is 2. The van der Waals surface area contributed by atoms with E-state index < -0.39 is 5.60 Å². The summed E-state index contributed by atoms with van der Waals surface area (Å²) in [6, 6.07) is 8.89. The van der Waals surface area contributed by atoms with Crippen LogP contribution < -0.4 is 0 Å². The maximum Gasteiger partial charge on any atom is 0.0671 e. The van der Waals surface area contributed by atoms with Gasteiger partial charge in [-0.15, -0.1) is 0 Å². The highest BCUT2D eigenvalue weighted by Gasteiger charge is 2.35. The van der Waals surface area contributed by atoms with Gasteiger partial charge in [0.25, 0.3) is 0 Å². The van der Waals surface area contributed by atoms with Crippen LogP contribution in [0.4, 0.5) is 0 Å². The van der Waals surface area contributed by atoms with Crippen LogP contribution in [0.2, 0.25) is 0 Å². The third-order valence-corrected chi connectivity index (χ3v) is 4.47. The Morgan fingerprint density at radius 3 is 2.12 bits per heavy atom. The normalized spacial score (nSPS) is 29.6. The Kier molecular flexibility index (Phi) is 3.58. The topological polar surface area (TPSA) is 20.2 Å². The summed E-state index contributed by atoms with van der Waals surface area (Å²) in [5, 5.41) is 10.5. The fourth-order valence-corrected chi connectivity index (χ4v) is 2.87. The molecule has 0 radical (unpaired) electrons. The van der Waals surface area contributed by atoms with Gasteiger partial charge in [-0.1, -0.05) is 43.7 Å². The van der Waals surface area contributed by atoms with E-state index in [9.17, 15) is 5.11 Å². The second-order valence-electron chi connectivity index (χ2n) is 5.94. The molecule has 0 aromatic heterocycles. The van der Waals surface area contributed by atoms with Crippen LogP contribution in [0.25, 0.3) is 0 Å². The maximum atomic E-state index is 10.5. The fraction of sp³-hybridized carbons (Fsp3) is 0.625. The van der Waals surface area contributed by atoms with E-state index in [1.54, 1.807) is 0 Å². The quantitative estimate of drug-likeness (QED) is 0.816. The van der Waals surface area contributed by atoms with Gasteiger partial charge in [0.05, 0.1) is 5.60 Å². The molecule has 1 N–H and O–H groups in total. The zero-order chi connectivity index (χ0) is 12.5. The Morgan fingerprint density at radius 1 is 1.12 bits per heavy atom. The molecule has 1 aliphatic rings. The van der Waals surface area contributed by atoms with Crippen molar-refractivity contribution < 1.29 is 5.11 Å².